The second-order valence-electron chi connectivity index (χ2n) is 14.6. The maximum absolute atomic E-state index is 11.0. The maximum Gasteiger partial charge on any atom is 0.101 e. The molecule has 0 atom stereocenters. The van der Waals surface area contributed by atoms with Gasteiger partial charge in [0.1, 0.15) is 6.07 Å². The summed E-state index contributed by atoms with van der Waals surface area (Å²) in [5.41, 5.74) is 11.7. The highest BCUT2D eigenvalue weighted by atomic mass is 15.0. The molecule has 0 unspecified atom stereocenters. The summed E-state index contributed by atoms with van der Waals surface area (Å²) in [6.07, 6.45) is 0. The van der Waals surface area contributed by atoms with Crippen LogP contribution in [-0.2, 0) is 0 Å². The SMILES string of the molecule is N#Cc1cccc(-n2c3ccccc3c3c2c2c4ccccc4n(-c4ccc(-c5ccccc5C#N)cc4C#N)c2c2c4ccccc4n(-c4cccc(C#N)c4)c32)c1. The van der Waals surface area contributed by atoms with Crippen molar-refractivity contribution in [3.63, 3.8) is 0 Å². The van der Waals surface area contributed by atoms with Crippen molar-refractivity contribution in [2.45, 2.75) is 0 Å². The van der Waals surface area contributed by atoms with E-state index in [1.165, 1.54) is 0 Å². The lowest BCUT2D eigenvalue weighted by Gasteiger charge is -2.15. The van der Waals surface area contributed by atoms with Crippen LogP contribution in [0, 0.1) is 45.3 Å². The number of aromatic nitrogens is 3. The minimum atomic E-state index is 0.457. The number of para-hydroxylation sites is 3. The van der Waals surface area contributed by atoms with E-state index < -0.39 is 0 Å². The van der Waals surface area contributed by atoms with Gasteiger partial charge in [-0.2, -0.15) is 21.0 Å². The van der Waals surface area contributed by atoms with Gasteiger partial charge in [0.2, 0.25) is 0 Å². The number of hydrogen-bond acceptors (Lipinski definition) is 4. The first-order valence-corrected chi connectivity index (χ1v) is 19.1. The van der Waals surface area contributed by atoms with E-state index in [1.807, 2.05) is 103 Å². The third-order valence-corrected chi connectivity index (χ3v) is 11.5. The Balaban J connectivity index is 1.43. The predicted octanol–water partition coefficient (Wildman–Crippen LogP) is 12.1. The normalized spacial score (nSPS) is 11.3. The van der Waals surface area contributed by atoms with Gasteiger partial charge in [0.05, 0.1) is 79.2 Å². The molecule has 0 saturated carbocycles. The molecule has 3 aromatic heterocycles. The van der Waals surface area contributed by atoms with E-state index in [4.69, 9.17) is 0 Å². The molecule has 0 bridgehead atoms. The number of nitrogens with zero attached hydrogens (tertiary/aromatic N) is 7. The summed E-state index contributed by atoms with van der Waals surface area (Å²) in [6.45, 7) is 0. The molecule has 11 rings (SSSR count). The van der Waals surface area contributed by atoms with Crippen molar-refractivity contribution in [2.75, 3.05) is 0 Å². The highest BCUT2D eigenvalue weighted by molar-refractivity contribution is 6.40. The molecule has 0 aliphatic carbocycles. The molecular formula is C52H27N7. The van der Waals surface area contributed by atoms with Crippen LogP contribution in [0.15, 0.2) is 164 Å². The van der Waals surface area contributed by atoms with Crippen LogP contribution in [0.25, 0.3) is 93.6 Å². The number of fused-ring (bicyclic) bond motifs is 12. The summed E-state index contributed by atoms with van der Waals surface area (Å²) in [6, 6.07) is 63.3. The van der Waals surface area contributed by atoms with Crippen LogP contribution in [0.1, 0.15) is 22.3 Å². The van der Waals surface area contributed by atoms with Crippen LogP contribution >= 0.6 is 0 Å². The molecular weight excluding hydrogens is 723 g/mol. The van der Waals surface area contributed by atoms with Crippen molar-refractivity contribution in [1.29, 1.82) is 21.0 Å². The monoisotopic (exact) mass is 749 g/mol. The van der Waals surface area contributed by atoms with Crippen LogP contribution in [0.4, 0.5) is 0 Å². The number of rotatable bonds is 4. The Morgan fingerprint density at radius 3 is 1.32 bits per heavy atom. The van der Waals surface area contributed by atoms with E-state index in [1.54, 1.807) is 6.07 Å². The van der Waals surface area contributed by atoms with Gasteiger partial charge in [0.15, 0.2) is 0 Å². The van der Waals surface area contributed by atoms with Crippen molar-refractivity contribution >= 4 is 65.4 Å². The maximum atomic E-state index is 11.0. The molecule has 7 nitrogen and oxygen atoms in total. The summed E-state index contributed by atoms with van der Waals surface area (Å²) < 4.78 is 6.76. The quantitative estimate of drug-likeness (QED) is 0.178. The summed E-state index contributed by atoms with van der Waals surface area (Å²) >= 11 is 0. The van der Waals surface area contributed by atoms with Crippen molar-refractivity contribution in [3.05, 3.63) is 186 Å². The average Bonchev–Trinajstić information content (AvgIpc) is 3.95. The fourth-order valence-corrected chi connectivity index (χ4v) is 9.19. The molecule has 0 amide bonds. The van der Waals surface area contributed by atoms with Gasteiger partial charge in [0.25, 0.3) is 0 Å². The lowest BCUT2D eigenvalue weighted by atomic mass is 9.98. The van der Waals surface area contributed by atoms with E-state index in [0.29, 0.717) is 27.9 Å². The van der Waals surface area contributed by atoms with Gasteiger partial charge < -0.3 is 13.7 Å². The van der Waals surface area contributed by atoms with Crippen LogP contribution < -0.4 is 0 Å². The Kier molecular flexibility index (Phi) is 7.28. The van der Waals surface area contributed by atoms with Crippen molar-refractivity contribution < 1.29 is 0 Å². The molecule has 0 radical (unpaired) electrons. The lowest BCUT2D eigenvalue weighted by Crippen LogP contribution is -2.00. The Labute approximate surface area is 337 Å². The first-order valence-electron chi connectivity index (χ1n) is 19.1. The zero-order valence-corrected chi connectivity index (χ0v) is 31.2. The third-order valence-electron chi connectivity index (χ3n) is 11.5. The molecule has 0 saturated heterocycles. The van der Waals surface area contributed by atoms with Crippen LogP contribution in [-0.4, -0.2) is 13.7 Å². The summed E-state index contributed by atoms with van der Waals surface area (Å²) in [4.78, 5) is 0. The average molecular weight is 750 g/mol. The topological polar surface area (TPSA) is 110 Å². The minimum Gasteiger partial charge on any atom is -0.308 e. The molecule has 0 spiro atoms. The highest BCUT2D eigenvalue weighted by Crippen LogP contribution is 2.50. The molecule has 0 N–H and O–H groups in total. The predicted molar refractivity (Wildman–Crippen MR) is 234 cm³/mol. The van der Waals surface area contributed by atoms with Gasteiger partial charge in [-0.05, 0) is 83.9 Å². The smallest absolute Gasteiger partial charge is 0.101 e. The third kappa shape index (κ3) is 4.71. The Bertz CT molecular complexity index is 3700. The zero-order chi connectivity index (χ0) is 39.8. The molecule has 11 aromatic rings. The Morgan fingerprint density at radius 2 is 0.814 bits per heavy atom. The summed E-state index contributed by atoms with van der Waals surface area (Å²) in [7, 11) is 0. The fraction of sp³-hybridized carbons (Fsp3) is 0. The zero-order valence-electron chi connectivity index (χ0n) is 31.2. The number of benzene rings is 8. The molecule has 0 aliphatic heterocycles. The number of nitriles is 4. The first kappa shape index (κ1) is 33.5. The van der Waals surface area contributed by atoms with Gasteiger partial charge in [-0.15, -0.1) is 0 Å². The van der Waals surface area contributed by atoms with Gasteiger partial charge in [-0.3, -0.25) is 0 Å². The van der Waals surface area contributed by atoms with E-state index >= 15 is 0 Å². The van der Waals surface area contributed by atoms with Crippen molar-refractivity contribution in [1.82, 2.24) is 13.7 Å². The number of hydrogen-bond donors (Lipinski definition) is 0. The van der Waals surface area contributed by atoms with E-state index in [9.17, 15) is 21.0 Å². The molecule has 8 aromatic carbocycles. The van der Waals surface area contributed by atoms with E-state index in [2.05, 4.69) is 92.6 Å². The lowest BCUT2D eigenvalue weighted by molar-refractivity contribution is 1.16. The van der Waals surface area contributed by atoms with Crippen molar-refractivity contribution in [2.24, 2.45) is 0 Å². The van der Waals surface area contributed by atoms with Crippen LogP contribution in [0.5, 0.6) is 0 Å². The summed E-state index contributed by atoms with van der Waals surface area (Å²) in [5, 5.41) is 47.2. The van der Waals surface area contributed by atoms with E-state index in [0.717, 1.165) is 87.9 Å². The fourth-order valence-electron chi connectivity index (χ4n) is 9.19. The Morgan fingerprint density at radius 1 is 0.356 bits per heavy atom. The first-order chi connectivity index (χ1) is 29.1. The summed E-state index contributed by atoms with van der Waals surface area (Å²) in [5.74, 6) is 0. The van der Waals surface area contributed by atoms with Gasteiger partial charge >= 0.3 is 0 Å². The minimum absolute atomic E-state index is 0.457. The molecule has 0 fully saturated rings. The van der Waals surface area contributed by atoms with Crippen LogP contribution in [0.3, 0.4) is 0 Å². The van der Waals surface area contributed by atoms with Gasteiger partial charge in [-0.1, -0.05) is 91.0 Å². The van der Waals surface area contributed by atoms with E-state index in [-0.39, 0.29) is 0 Å². The Hall–Kier alpha value is -8.88. The second kappa shape index (κ2) is 12.8. The second-order valence-corrected chi connectivity index (χ2v) is 14.6. The van der Waals surface area contributed by atoms with Gasteiger partial charge in [0, 0.05) is 43.7 Å². The van der Waals surface area contributed by atoms with Crippen LogP contribution in [0.2, 0.25) is 0 Å². The largest absolute Gasteiger partial charge is 0.308 e. The van der Waals surface area contributed by atoms with Gasteiger partial charge in [-0.25, -0.2) is 0 Å². The van der Waals surface area contributed by atoms with Crippen molar-refractivity contribution in [3.8, 4) is 52.5 Å². The highest BCUT2D eigenvalue weighted by Gasteiger charge is 2.29. The molecule has 7 heteroatoms. The standard InChI is InChI=1S/C52H27N7/c53-28-32-11-9-14-37(25-32)57-44-20-6-3-17-40(44)47-50-48(41-18-4-7-21-45(41)58(50)38-15-10-12-33(26-38)29-54)52-49(51(47)57)42-19-5-8-22-46(42)59(52)43-24-23-34(27-36(43)31-56)39-16-2-1-13-35(39)30-55/h1-27H. The molecule has 270 valence electrons. The molecule has 3 heterocycles. The molecule has 0 aliphatic rings. The molecule has 59 heavy (non-hydrogen) atoms.